The van der Waals surface area contributed by atoms with Gasteiger partial charge in [0.15, 0.2) is 6.10 Å². The van der Waals surface area contributed by atoms with Gasteiger partial charge in [-0.05, 0) is 77.0 Å². The first-order valence-electron chi connectivity index (χ1n) is 35.8. The molecule has 0 aliphatic carbocycles. The molecular weight excluding hydrogens is 997 g/mol. The van der Waals surface area contributed by atoms with Crippen molar-refractivity contribution in [3.8, 4) is 0 Å². The van der Waals surface area contributed by atoms with Crippen molar-refractivity contribution in [3.63, 3.8) is 0 Å². The fraction of sp³-hybridized carbons (Fsp3) is 0.827. The van der Waals surface area contributed by atoms with Gasteiger partial charge in [-0.25, -0.2) is 0 Å². The fourth-order valence-corrected chi connectivity index (χ4v) is 10.7. The Morgan fingerprint density at radius 1 is 0.259 bits per heavy atom. The van der Waals surface area contributed by atoms with Crippen LogP contribution in [0.2, 0.25) is 0 Å². The third-order valence-corrected chi connectivity index (χ3v) is 16.0. The average molecular weight is 1130 g/mol. The predicted molar refractivity (Wildman–Crippen MR) is 353 cm³/mol. The molecule has 1 atom stereocenters. The first-order chi connectivity index (χ1) is 40.0. The Labute approximate surface area is 504 Å². The van der Waals surface area contributed by atoms with Gasteiger partial charge >= 0.3 is 17.9 Å². The second kappa shape index (κ2) is 69.6. The van der Waals surface area contributed by atoms with Gasteiger partial charge in [-0.3, -0.25) is 14.4 Å². The lowest BCUT2D eigenvalue weighted by atomic mass is 10.0. The van der Waals surface area contributed by atoms with Crippen molar-refractivity contribution in [1.29, 1.82) is 0 Å². The van der Waals surface area contributed by atoms with Crippen LogP contribution in [-0.4, -0.2) is 37.2 Å². The molecule has 0 amide bonds. The molecule has 0 saturated carbocycles. The Hall–Kier alpha value is -2.89. The molecular formula is C75H136O6. The van der Waals surface area contributed by atoms with E-state index in [0.717, 1.165) is 96.3 Å². The van der Waals surface area contributed by atoms with Gasteiger partial charge in [0.1, 0.15) is 13.2 Å². The van der Waals surface area contributed by atoms with Crippen LogP contribution in [0, 0.1) is 0 Å². The molecule has 0 aromatic carbocycles. The largest absolute Gasteiger partial charge is 0.462 e. The zero-order valence-corrected chi connectivity index (χ0v) is 54.3. The summed E-state index contributed by atoms with van der Waals surface area (Å²) in [4.78, 5) is 38.3. The van der Waals surface area contributed by atoms with Crippen LogP contribution < -0.4 is 0 Å². The lowest BCUT2D eigenvalue weighted by Gasteiger charge is -2.18. The van der Waals surface area contributed by atoms with E-state index in [1.807, 2.05) is 0 Å². The van der Waals surface area contributed by atoms with E-state index >= 15 is 0 Å². The van der Waals surface area contributed by atoms with Gasteiger partial charge in [-0.15, -0.1) is 0 Å². The maximum Gasteiger partial charge on any atom is 0.306 e. The number of hydrogen-bond donors (Lipinski definition) is 0. The van der Waals surface area contributed by atoms with Gasteiger partial charge < -0.3 is 14.2 Å². The smallest absolute Gasteiger partial charge is 0.306 e. The highest BCUT2D eigenvalue weighted by Crippen LogP contribution is 2.19. The zero-order valence-electron chi connectivity index (χ0n) is 54.3. The molecule has 0 saturated heterocycles. The minimum atomic E-state index is -0.782. The highest BCUT2D eigenvalue weighted by molar-refractivity contribution is 5.71. The first kappa shape index (κ1) is 78.1. The number of hydrogen-bond acceptors (Lipinski definition) is 6. The summed E-state index contributed by atoms with van der Waals surface area (Å²) in [5, 5.41) is 0. The molecule has 0 N–H and O–H groups in total. The van der Waals surface area contributed by atoms with Crippen LogP contribution in [0.25, 0.3) is 0 Å². The number of rotatable bonds is 66. The molecule has 0 radical (unpaired) electrons. The Morgan fingerprint density at radius 3 is 0.802 bits per heavy atom. The monoisotopic (exact) mass is 1130 g/mol. The Balaban J connectivity index is 4.13. The molecule has 0 aromatic rings. The molecule has 0 aliphatic rings. The number of carbonyl (C=O) groups excluding carboxylic acids is 3. The predicted octanol–water partition coefficient (Wildman–Crippen LogP) is 24.7. The van der Waals surface area contributed by atoms with Crippen LogP contribution in [0.3, 0.4) is 0 Å². The van der Waals surface area contributed by atoms with Crippen molar-refractivity contribution < 1.29 is 28.6 Å². The number of esters is 3. The van der Waals surface area contributed by atoms with Crippen LogP contribution in [0.5, 0.6) is 0 Å². The van der Waals surface area contributed by atoms with Crippen LogP contribution in [-0.2, 0) is 28.6 Å². The van der Waals surface area contributed by atoms with E-state index in [4.69, 9.17) is 14.2 Å². The molecule has 6 nitrogen and oxygen atoms in total. The highest BCUT2D eigenvalue weighted by Gasteiger charge is 2.19. The van der Waals surface area contributed by atoms with Gasteiger partial charge in [0.05, 0.1) is 0 Å². The molecule has 0 fully saturated rings. The third-order valence-electron chi connectivity index (χ3n) is 16.0. The van der Waals surface area contributed by atoms with Crippen molar-refractivity contribution in [1.82, 2.24) is 0 Å². The Morgan fingerprint density at radius 2 is 0.494 bits per heavy atom. The van der Waals surface area contributed by atoms with E-state index in [1.54, 1.807) is 0 Å². The van der Waals surface area contributed by atoms with Gasteiger partial charge in [-0.2, -0.15) is 0 Å². The number of ether oxygens (including phenoxy) is 3. The number of carbonyl (C=O) groups is 3. The Bertz CT molecular complexity index is 1440. The summed E-state index contributed by atoms with van der Waals surface area (Å²) in [5.74, 6) is -0.874. The molecule has 0 heterocycles. The second-order valence-corrected chi connectivity index (χ2v) is 24.1. The molecule has 0 spiro atoms. The lowest BCUT2D eigenvalue weighted by molar-refractivity contribution is -0.167. The van der Waals surface area contributed by atoms with E-state index in [1.165, 1.54) is 244 Å². The molecule has 472 valence electrons. The zero-order chi connectivity index (χ0) is 58.5. The quantitative estimate of drug-likeness (QED) is 0.0261. The highest BCUT2D eigenvalue weighted by atomic mass is 16.6. The van der Waals surface area contributed by atoms with Gasteiger partial charge in [-0.1, -0.05) is 345 Å². The van der Waals surface area contributed by atoms with Gasteiger partial charge in [0.2, 0.25) is 0 Å². The maximum atomic E-state index is 12.9. The summed E-state index contributed by atoms with van der Waals surface area (Å²) in [6.45, 7) is 6.53. The summed E-state index contributed by atoms with van der Waals surface area (Å²) in [7, 11) is 0. The molecule has 0 aliphatic heterocycles. The van der Waals surface area contributed by atoms with Crippen LogP contribution in [0.15, 0.2) is 60.8 Å². The second-order valence-electron chi connectivity index (χ2n) is 24.1. The summed E-state index contributed by atoms with van der Waals surface area (Å²) in [6.07, 6.45) is 89.9. The van der Waals surface area contributed by atoms with E-state index in [9.17, 15) is 14.4 Å². The topological polar surface area (TPSA) is 78.9 Å². The fourth-order valence-electron chi connectivity index (χ4n) is 10.7. The lowest BCUT2D eigenvalue weighted by Crippen LogP contribution is -2.30. The van der Waals surface area contributed by atoms with Gasteiger partial charge in [0, 0.05) is 19.3 Å². The van der Waals surface area contributed by atoms with Crippen LogP contribution in [0.4, 0.5) is 0 Å². The number of unbranched alkanes of at least 4 members (excludes halogenated alkanes) is 45. The molecule has 0 rings (SSSR count). The maximum absolute atomic E-state index is 12.9. The van der Waals surface area contributed by atoms with E-state index in [2.05, 4.69) is 81.5 Å². The van der Waals surface area contributed by atoms with E-state index in [-0.39, 0.29) is 31.1 Å². The molecule has 1 unspecified atom stereocenters. The van der Waals surface area contributed by atoms with Crippen molar-refractivity contribution in [2.24, 2.45) is 0 Å². The SMILES string of the molecule is CC/C=C\C/C=C\C/C=C\C/C=C\CCCCCCCCCCC(=O)OC(COC(=O)CCCCCCC/C=C\CCCC)COC(=O)CCCCCCCCCCCCCCCCCCCCCCCCCCCCCCCCC. The van der Waals surface area contributed by atoms with Crippen molar-refractivity contribution in [3.05, 3.63) is 60.8 Å². The van der Waals surface area contributed by atoms with Crippen molar-refractivity contribution in [2.75, 3.05) is 13.2 Å². The van der Waals surface area contributed by atoms with E-state index < -0.39 is 6.10 Å². The van der Waals surface area contributed by atoms with Crippen molar-refractivity contribution in [2.45, 2.75) is 386 Å². The Kier molecular flexibility index (Phi) is 67.1. The average Bonchev–Trinajstić information content (AvgIpc) is 3.47. The van der Waals surface area contributed by atoms with Crippen molar-refractivity contribution >= 4 is 17.9 Å². The summed E-state index contributed by atoms with van der Waals surface area (Å²) >= 11 is 0. The molecule has 0 bridgehead atoms. The normalized spacial score (nSPS) is 12.4. The standard InChI is InChI=1S/C75H136O6/c1-4-7-10-13-16-19-22-24-26-28-30-32-33-34-35-36-37-38-39-40-41-43-44-46-48-50-53-56-59-62-65-68-74(77)80-71-72(70-79-73(76)67-64-61-58-55-52-21-18-15-12-9-6-3)81-75(78)69-66-63-60-57-54-51-49-47-45-42-31-29-27-25-23-20-17-14-11-8-5-2/h8,11,15,17-18,20,25,27,31,42,72H,4-7,9-10,12-14,16,19,21-24,26,28-30,32-41,43-71H2,1-3H3/b11-8-,18-15-,20-17-,27-25-,42-31-. The summed E-state index contributed by atoms with van der Waals surface area (Å²) in [5.41, 5.74) is 0. The number of allylic oxidation sites excluding steroid dienone is 10. The summed E-state index contributed by atoms with van der Waals surface area (Å²) in [6, 6.07) is 0. The van der Waals surface area contributed by atoms with Gasteiger partial charge in [0.25, 0.3) is 0 Å². The molecule has 0 aromatic heterocycles. The third kappa shape index (κ3) is 67.8. The minimum absolute atomic E-state index is 0.0767. The van der Waals surface area contributed by atoms with E-state index in [0.29, 0.717) is 19.3 Å². The minimum Gasteiger partial charge on any atom is -0.462 e. The first-order valence-corrected chi connectivity index (χ1v) is 35.8. The van der Waals surface area contributed by atoms with Crippen LogP contribution >= 0.6 is 0 Å². The molecule has 81 heavy (non-hydrogen) atoms. The molecule has 6 heteroatoms. The summed E-state index contributed by atoms with van der Waals surface area (Å²) < 4.78 is 16.9. The van der Waals surface area contributed by atoms with Crippen LogP contribution in [0.1, 0.15) is 380 Å².